The maximum Gasteiger partial charge on any atom is 0.162 e. The summed E-state index contributed by atoms with van der Waals surface area (Å²) >= 11 is 11.3. The van der Waals surface area contributed by atoms with Crippen LogP contribution in [0, 0.1) is 0 Å². The van der Waals surface area contributed by atoms with E-state index in [1.165, 1.54) is 0 Å². The average Bonchev–Trinajstić information content (AvgIpc) is 2.97. The SMILES string of the molecule is Clc1nc(-c2ccsc2)nc(-c2ccccc2)c1Br. The molecule has 0 bridgehead atoms. The predicted molar refractivity (Wildman–Crippen MR) is 83.5 cm³/mol. The van der Waals surface area contributed by atoms with E-state index in [0.29, 0.717) is 11.0 Å². The van der Waals surface area contributed by atoms with Gasteiger partial charge < -0.3 is 0 Å². The highest BCUT2D eigenvalue weighted by molar-refractivity contribution is 9.10. The molecule has 0 spiro atoms. The van der Waals surface area contributed by atoms with Crippen molar-refractivity contribution in [3.05, 3.63) is 56.8 Å². The summed E-state index contributed by atoms with van der Waals surface area (Å²) in [4.78, 5) is 8.93. The molecule has 0 unspecified atom stereocenters. The second-order valence-corrected chi connectivity index (χ2v) is 5.81. The van der Waals surface area contributed by atoms with E-state index in [-0.39, 0.29) is 0 Å². The fraction of sp³-hybridized carbons (Fsp3) is 0. The lowest BCUT2D eigenvalue weighted by atomic mass is 10.1. The predicted octanol–water partition coefficient (Wildman–Crippen LogP) is 5.29. The maximum absolute atomic E-state index is 6.19. The van der Waals surface area contributed by atoms with E-state index < -0.39 is 0 Å². The van der Waals surface area contributed by atoms with Gasteiger partial charge in [-0.25, -0.2) is 9.97 Å². The van der Waals surface area contributed by atoms with Gasteiger partial charge in [0.25, 0.3) is 0 Å². The van der Waals surface area contributed by atoms with Crippen LogP contribution in [0.15, 0.2) is 51.6 Å². The van der Waals surface area contributed by atoms with E-state index in [9.17, 15) is 0 Å². The van der Waals surface area contributed by atoms with Gasteiger partial charge in [-0.2, -0.15) is 11.3 Å². The normalized spacial score (nSPS) is 10.6. The van der Waals surface area contributed by atoms with Crippen LogP contribution in [0.25, 0.3) is 22.6 Å². The molecule has 0 saturated carbocycles. The van der Waals surface area contributed by atoms with Crippen molar-refractivity contribution in [2.24, 2.45) is 0 Å². The molecule has 2 aromatic heterocycles. The van der Waals surface area contributed by atoms with Gasteiger partial charge in [0, 0.05) is 16.5 Å². The Morgan fingerprint density at radius 1 is 1.00 bits per heavy atom. The van der Waals surface area contributed by atoms with Gasteiger partial charge in [-0.05, 0) is 27.4 Å². The lowest BCUT2D eigenvalue weighted by Crippen LogP contribution is -1.94. The highest BCUT2D eigenvalue weighted by atomic mass is 79.9. The molecule has 0 aliphatic heterocycles. The molecule has 0 radical (unpaired) electrons. The molecular weight excluding hydrogens is 344 g/mol. The Kier molecular flexibility index (Phi) is 3.64. The summed E-state index contributed by atoms with van der Waals surface area (Å²) in [6.45, 7) is 0. The number of rotatable bonds is 2. The molecule has 2 nitrogen and oxygen atoms in total. The summed E-state index contributed by atoms with van der Waals surface area (Å²) < 4.78 is 0.722. The molecule has 0 saturated heterocycles. The number of halogens is 2. The quantitative estimate of drug-likeness (QED) is 0.586. The summed E-state index contributed by atoms with van der Waals surface area (Å²) in [6.07, 6.45) is 0. The van der Waals surface area contributed by atoms with Crippen molar-refractivity contribution in [1.82, 2.24) is 9.97 Å². The lowest BCUT2D eigenvalue weighted by Gasteiger charge is -2.07. The fourth-order valence-corrected chi connectivity index (χ4v) is 2.94. The summed E-state index contributed by atoms with van der Waals surface area (Å²) in [5.74, 6) is 0.647. The van der Waals surface area contributed by atoms with Gasteiger partial charge in [-0.3, -0.25) is 0 Å². The van der Waals surface area contributed by atoms with Crippen LogP contribution in [0.5, 0.6) is 0 Å². The minimum absolute atomic E-state index is 0.426. The van der Waals surface area contributed by atoms with Crippen LogP contribution in [-0.4, -0.2) is 9.97 Å². The van der Waals surface area contributed by atoms with Crippen molar-refractivity contribution in [2.45, 2.75) is 0 Å². The zero-order valence-corrected chi connectivity index (χ0v) is 12.8. The number of hydrogen-bond acceptors (Lipinski definition) is 3. The standard InChI is InChI=1S/C14H8BrClN2S/c15-11-12(9-4-2-1-3-5-9)17-14(18-13(11)16)10-6-7-19-8-10/h1-8H. The van der Waals surface area contributed by atoms with Crippen LogP contribution in [-0.2, 0) is 0 Å². The van der Waals surface area contributed by atoms with Gasteiger partial charge in [0.1, 0.15) is 5.15 Å². The highest BCUT2D eigenvalue weighted by Crippen LogP contribution is 2.33. The van der Waals surface area contributed by atoms with Crippen LogP contribution < -0.4 is 0 Å². The Bertz CT molecular complexity index is 699. The fourth-order valence-electron chi connectivity index (χ4n) is 1.73. The van der Waals surface area contributed by atoms with Gasteiger partial charge in [-0.15, -0.1) is 0 Å². The van der Waals surface area contributed by atoms with Crippen molar-refractivity contribution in [2.75, 3.05) is 0 Å². The maximum atomic E-state index is 6.19. The first-order chi connectivity index (χ1) is 9.25. The first kappa shape index (κ1) is 12.8. The van der Waals surface area contributed by atoms with Crippen molar-refractivity contribution >= 4 is 38.9 Å². The Balaban J connectivity index is 2.20. The number of hydrogen-bond donors (Lipinski definition) is 0. The summed E-state index contributed by atoms with van der Waals surface area (Å²) in [7, 11) is 0. The molecule has 0 aliphatic carbocycles. The van der Waals surface area contributed by atoms with Gasteiger partial charge in [0.15, 0.2) is 5.82 Å². The topological polar surface area (TPSA) is 25.8 Å². The summed E-state index contributed by atoms with van der Waals surface area (Å²) in [5.41, 5.74) is 2.80. The van der Waals surface area contributed by atoms with Gasteiger partial charge in [0.2, 0.25) is 0 Å². The van der Waals surface area contributed by atoms with E-state index in [4.69, 9.17) is 11.6 Å². The second-order valence-electron chi connectivity index (χ2n) is 3.88. The van der Waals surface area contributed by atoms with Crippen molar-refractivity contribution in [3.63, 3.8) is 0 Å². The summed E-state index contributed by atoms with van der Waals surface area (Å²) in [5, 5.41) is 4.43. The average molecular weight is 352 g/mol. The molecule has 3 rings (SSSR count). The van der Waals surface area contributed by atoms with Crippen molar-refractivity contribution in [1.29, 1.82) is 0 Å². The Morgan fingerprint density at radius 3 is 2.47 bits per heavy atom. The van der Waals surface area contributed by atoms with E-state index in [1.807, 2.05) is 47.2 Å². The first-order valence-electron chi connectivity index (χ1n) is 5.57. The first-order valence-corrected chi connectivity index (χ1v) is 7.68. The van der Waals surface area contributed by atoms with E-state index in [1.54, 1.807) is 11.3 Å². The minimum atomic E-state index is 0.426. The number of benzene rings is 1. The summed E-state index contributed by atoms with van der Waals surface area (Å²) in [6, 6.07) is 11.9. The van der Waals surface area contributed by atoms with E-state index in [2.05, 4.69) is 25.9 Å². The molecule has 0 N–H and O–H groups in total. The molecule has 19 heavy (non-hydrogen) atoms. The molecule has 2 heterocycles. The lowest BCUT2D eigenvalue weighted by molar-refractivity contribution is 1.17. The zero-order chi connectivity index (χ0) is 13.2. The molecule has 0 aliphatic rings. The second kappa shape index (κ2) is 5.41. The molecule has 0 atom stereocenters. The monoisotopic (exact) mass is 350 g/mol. The van der Waals surface area contributed by atoms with Crippen LogP contribution in [0.1, 0.15) is 0 Å². The Hall–Kier alpha value is -1.23. The van der Waals surface area contributed by atoms with Crippen LogP contribution in [0.2, 0.25) is 5.15 Å². The molecule has 3 aromatic rings. The van der Waals surface area contributed by atoms with Crippen molar-refractivity contribution < 1.29 is 0 Å². The zero-order valence-electron chi connectivity index (χ0n) is 9.68. The molecule has 94 valence electrons. The van der Waals surface area contributed by atoms with Crippen LogP contribution in [0.4, 0.5) is 0 Å². The molecule has 1 aromatic carbocycles. The minimum Gasteiger partial charge on any atom is -0.227 e. The largest absolute Gasteiger partial charge is 0.227 e. The van der Waals surface area contributed by atoms with Crippen molar-refractivity contribution in [3.8, 4) is 22.6 Å². The third-order valence-corrected chi connectivity index (χ3v) is 4.57. The smallest absolute Gasteiger partial charge is 0.162 e. The molecule has 5 heteroatoms. The number of aromatic nitrogens is 2. The van der Waals surface area contributed by atoms with Gasteiger partial charge in [-0.1, -0.05) is 41.9 Å². The Morgan fingerprint density at radius 2 is 1.79 bits per heavy atom. The highest BCUT2D eigenvalue weighted by Gasteiger charge is 2.13. The number of nitrogens with zero attached hydrogens (tertiary/aromatic N) is 2. The van der Waals surface area contributed by atoms with E-state index >= 15 is 0 Å². The van der Waals surface area contributed by atoms with Gasteiger partial charge in [0.05, 0.1) is 10.2 Å². The molecule has 0 fully saturated rings. The van der Waals surface area contributed by atoms with Gasteiger partial charge >= 0.3 is 0 Å². The number of thiophene rings is 1. The third-order valence-electron chi connectivity index (χ3n) is 2.64. The molecular formula is C14H8BrClN2S. The van der Waals surface area contributed by atoms with Crippen LogP contribution >= 0.6 is 38.9 Å². The Labute approximate surface area is 128 Å². The van der Waals surface area contributed by atoms with E-state index in [0.717, 1.165) is 21.3 Å². The molecule has 0 amide bonds. The van der Waals surface area contributed by atoms with Crippen LogP contribution in [0.3, 0.4) is 0 Å². The third kappa shape index (κ3) is 2.56.